The highest BCUT2D eigenvalue weighted by molar-refractivity contribution is 9.12. The summed E-state index contributed by atoms with van der Waals surface area (Å²) in [6.45, 7) is 0. The van der Waals surface area contributed by atoms with Crippen LogP contribution in [0.5, 0.6) is 0 Å². The predicted octanol–water partition coefficient (Wildman–Crippen LogP) is 3.85. The Morgan fingerprint density at radius 3 is 2.81 bits per heavy atom. The fraction of sp³-hybridized carbons (Fsp3) is 0.500. The minimum Gasteiger partial charge on any atom is -0.338 e. The van der Waals surface area contributed by atoms with Crippen molar-refractivity contribution < 1.29 is 4.79 Å². The van der Waals surface area contributed by atoms with Crippen molar-refractivity contribution in [2.75, 3.05) is 18.6 Å². The summed E-state index contributed by atoms with van der Waals surface area (Å²) in [5.74, 6) is 2.34. The number of amides is 1. The van der Waals surface area contributed by atoms with Crippen molar-refractivity contribution in [2.45, 2.75) is 12.5 Å². The number of rotatable bonds is 2. The van der Waals surface area contributed by atoms with Gasteiger partial charge in [-0.1, -0.05) is 0 Å². The largest absolute Gasteiger partial charge is 0.338 e. The second-order valence-corrected chi connectivity index (χ2v) is 8.57. The molecule has 1 aliphatic rings. The first kappa shape index (κ1) is 12.9. The molecule has 2 heterocycles. The maximum Gasteiger partial charge on any atom is 0.255 e. The molecule has 1 saturated heterocycles. The van der Waals surface area contributed by atoms with Crippen LogP contribution >= 0.6 is 55.0 Å². The van der Waals surface area contributed by atoms with Gasteiger partial charge in [0.1, 0.15) is 0 Å². The van der Waals surface area contributed by atoms with Crippen molar-refractivity contribution in [2.24, 2.45) is 0 Å². The Hall–Kier alpha value is 0.480. The molecule has 0 radical (unpaired) electrons. The van der Waals surface area contributed by atoms with E-state index in [1.807, 2.05) is 29.8 Å². The molecule has 1 fully saturated rings. The predicted molar refractivity (Wildman–Crippen MR) is 77.5 cm³/mol. The van der Waals surface area contributed by atoms with Crippen molar-refractivity contribution in [1.82, 2.24) is 4.90 Å². The number of nitrogens with zero attached hydrogens (tertiary/aromatic N) is 1. The van der Waals surface area contributed by atoms with Crippen LogP contribution in [0.15, 0.2) is 13.6 Å². The minimum absolute atomic E-state index is 0.112. The summed E-state index contributed by atoms with van der Waals surface area (Å²) in [6, 6.07) is 2.28. The van der Waals surface area contributed by atoms with Crippen molar-refractivity contribution in [3.63, 3.8) is 0 Å². The second kappa shape index (κ2) is 5.42. The van der Waals surface area contributed by atoms with Gasteiger partial charge in [0.25, 0.3) is 5.91 Å². The van der Waals surface area contributed by atoms with Gasteiger partial charge in [0.15, 0.2) is 0 Å². The van der Waals surface area contributed by atoms with E-state index in [1.54, 1.807) is 0 Å². The fourth-order valence-corrected chi connectivity index (χ4v) is 5.71. The van der Waals surface area contributed by atoms with Crippen molar-refractivity contribution in [1.29, 1.82) is 0 Å². The molecule has 2 nitrogen and oxygen atoms in total. The lowest BCUT2D eigenvalue weighted by atomic mass is 10.2. The summed E-state index contributed by atoms with van der Waals surface area (Å²) >= 11 is 10.3. The third-order valence-electron chi connectivity index (χ3n) is 2.66. The smallest absolute Gasteiger partial charge is 0.255 e. The normalized spacial score (nSPS) is 20.1. The zero-order chi connectivity index (χ0) is 11.7. The molecule has 1 aromatic rings. The van der Waals surface area contributed by atoms with E-state index >= 15 is 0 Å². The standard InChI is InChI=1S/C10H11Br2NOS2/c1-13(6-2-3-15-5-6)10(14)7-4-8(11)16-9(7)12/h4,6H,2-3,5H2,1H3. The lowest BCUT2D eigenvalue weighted by Gasteiger charge is -2.23. The molecule has 1 unspecified atom stereocenters. The number of carbonyl (C=O) groups excluding carboxylic acids is 1. The lowest BCUT2D eigenvalue weighted by Crippen LogP contribution is -2.36. The van der Waals surface area contributed by atoms with Gasteiger partial charge in [0.2, 0.25) is 0 Å². The molecule has 6 heteroatoms. The quantitative estimate of drug-likeness (QED) is 0.771. The first-order chi connectivity index (χ1) is 7.59. The van der Waals surface area contributed by atoms with Crippen LogP contribution in [0, 0.1) is 0 Å². The second-order valence-electron chi connectivity index (χ2n) is 3.67. The number of thiophene rings is 1. The van der Waals surface area contributed by atoms with E-state index in [4.69, 9.17) is 0 Å². The Labute approximate surface area is 120 Å². The number of carbonyl (C=O) groups is 1. The molecule has 0 aromatic carbocycles. The van der Waals surface area contributed by atoms with Gasteiger partial charge in [-0.05, 0) is 50.1 Å². The topological polar surface area (TPSA) is 20.3 Å². The molecule has 16 heavy (non-hydrogen) atoms. The van der Waals surface area contributed by atoms with Crippen LogP contribution in [0.3, 0.4) is 0 Å². The molecular formula is C10H11Br2NOS2. The van der Waals surface area contributed by atoms with E-state index in [2.05, 4.69) is 31.9 Å². The summed E-state index contributed by atoms with van der Waals surface area (Å²) in [4.78, 5) is 14.1. The summed E-state index contributed by atoms with van der Waals surface area (Å²) < 4.78 is 1.89. The zero-order valence-corrected chi connectivity index (χ0v) is 13.5. The first-order valence-corrected chi connectivity index (χ1v) is 8.45. The highest BCUT2D eigenvalue weighted by Gasteiger charge is 2.26. The molecule has 1 atom stereocenters. The maximum absolute atomic E-state index is 12.2. The zero-order valence-electron chi connectivity index (χ0n) is 8.70. The number of hydrogen-bond acceptors (Lipinski definition) is 3. The molecule has 1 aromatic heterocycles. The Morgan fingerprint density at radius 1 is 1.56 bits per heavy atom. The van der Waals surface area contributed by atoms with Crippen LogP contribution in [0.2, 0.25) is 0 Å². The van der Waals surface area contributed by atoms with Gasteiger partial charge in [0, 0.05) is 18.8 Å². The molecule has 0 spiro atoms. The van der Waals surface area contributed by atoms with Crippen LogP contribution in [0.25, 0.3) is 0 Å². The third-order valence-corrected chi connectivity index (χ3v) is 6.14. The van der Waals surface area contributed by atoms with Crippen molar-refractivity contribution >= 4 is 60.9 Å². The van der Waals surface area contributed by atoms with E-state index in [0.29, 0.717) is 6.04 Å². The fourth-order valence-electron chi connectivity index (χ4n) is 1.67. The molecule has 0 saturated carbocycles. The highest BCUT2D eigenvalue weighted by atomic mass is 79.9. The lowest BCUT2D eigenvalue weighted by molar-refractivity contribution is 0.0747. The Kier molecular flexibility index (Phi) is 4.38. The van der Waals surface area contributed by atoms with E-state index in [0.717, 1.165) is 31.1 Å². The van der Waals surface area contributed by atoms with Gasteiger partial charge >= 0.3 is 0 Å². The molecule has 0 N–H and O–H groups in total. The van der Waals surface area contributed by atoms with Gasteiger partial charge in [-0.15, -0.1) is 11.3 Å². The van der Waals surface area contributed by atoms with Gasteiger partial charge < -0.3 is 4.90 Å². The average molecular weight is 385 g/mol. The number of hydrogen-bond donors (Lipinski definition) is 0. The molecule has 0 aliphatic carbocycles. The van der Waals surface area contributed by atoms with Crippen LogP contribution in [-0.2, 0) is 0 Å². The van der Waals surface area contributed by atoms with Gasteiger partial charge in [-0.2, -0.15) is 11.8 Å². The van der Waals surface area contributed by atoms with E-state index in [-0.39, 0.29) is 5.91 Å². The summed E-state index contributed by atoms with van der Waals surface area (Å²) in [7, 11) is 1.90. The first-order valence-electron chi connectivity index (χ1n) is 4.89. The summed E-state index contributed by atoms with van der Waals surface area (Å²) in [5.41, 5.74) is 0.760. The Morgan fingerprint density at radius 2 is 2.31 bits per heavy atom. The Balaban J connectivity index is 2.14. The molecule has 2 rings (SSSR count). The van der Waals surface area contributed by atoms with Crippen molar-refractivity contribution in [3.8, 4) is 0 Å². The highest BCUT2D eigenvalue weighted by Crippen LogP contribution is 2.33. The molecule has 0 bridgehead atoms. The van der Waals surface area contributed by atoms with E-state index < -0.39 is 0 Å². The van der Waals surface area contributed by atoms with Crippen molar-refractivity contribution in [3.05, 3.63) is 19.2 Å². The number of halogens is 2. The van der Waals surface area contributed by atoms with Crippen LogP contribution < -0.4 is 0 Å². The summed E-state index contributed by atoms with van der Waals surface area (Å²) in [5, 5.41) is 0. The van der Waals surface area contributed by atoms with E-state index in [1.165, 1.54) is 11.3 Å². The minimum atomic E-state index is 0.112. The Bertz CT molecular complexity index is 402. The van der Waals surface area contributed by atoms with Crippen LogP contribution in [0.1, 0.15) is 16.8 Å². The van der Waals surface area contributed by atoms with Gasteiger partial charge in [-0.3, -0.25) is 4.79 Å². The van der Waals surface area contributed by atoms with Gasteiger partial charge in [0.05, 0.1) is 13.1 Å². The average Bonchev–Trinajstić information content (AvgIpc) is 2.85. The number of thioether (sulfide) groups is 1. The summed E-state index contributed by atoms with van der Waals surface area (Å²) in [6.07, 6.45) is 1.11. The molecule has 88 valence electrons. The molecule has 1 aliphatic heterocycles. The molecular weight excluding hydrogens is 374 g/mol. The van der Waals surface area contributed by atoms with Gasteiger partial charge in [-0.25, -0.2) is 0 Å². The maximum atomic E-state index is 12.2. The molecule has 1 amide bonds. The monoisotopic (exact) mass is 383 g/mol. The van der Waals surface area contributed by atoms with E-state index in [9.17, 15) is 4.79 Å². The van der Waals surface area contributed by atoms with Crippen LogP contribution in [0.4, 0.5) is 0 Å². The third kappa shape index (κ3) is 2.66. The SMILES string of the molecule is CN(C(=O)c1cc(Br)sc1Br)C1CCSC1. The van der Waals surface area contributed by atoms with Crippen LogP contribution in [-0.4, -0.2) is 35.4 Å².